The molecule has 0 saturated heterocycles. The lowest BCUT2D eigenvalue weighted by atomic mass is 10.1. The van der Waals surface area contributed by atoms with Crippen LogP contribution in [0.4, 0.5) is 5.82 Å². The van der Waals surface area contributed by atoms with Crippen molar-refractivity contribution in [3.63, 3.8) is 0 Å². The van der Waals surface area contributed by atoms with Crippen molar-refractivity contribution in [2.24, 2.45) is 0 Å². The Kier molecular flexibility index (Phi) is 4.46. The van der Waals surface area contributed by atoms with Crippen LogP contribution in [-0.4, -0.2) is 17.0 Å². The summed E-state index contributed by atoms with van der Waals surface area (Å²) in [6.07, 6.45) is 2.86. The van der Waals surface area contributed by atoms with E-state index in [1.165, 1.54) is 4.88 Å². The maximum Gasteiger partial charge on any atom is 0.130 e. The molecule has 0 aliphatic heterocycles. The Morgan fingerprint density at radius 3 is 2.87 bits per heavy atom. The summed E-state index contributed by atoms with van der Waals surface area (Å²) >= 11 is 7.73. The minimum absolute atomic E-state index is 0.581. The Labute approximate surface area is 144 Å². The summed E-state index contributed by atoms with van der Waals surface area (Å²) < 4.78 is 0. The van der Waals surface area contributed by atoms with Crippen molar-refractivity contribution in [2.75, 3.05) is 11.9 Å². The van der Waals surface area contributed by atoms with Gasteiger partial charge in [-0.2, -0.15) is 5.26 Å². The van der Waals surface area contributed by atoms with Crippen molar-refractivity contribution < 1.29 is 0 Å². The molecule has 3 rings (SSSR count). The van der Waals surface area contributed by atoms with E-state index in [9.17, 15) is 5.26 Å². The van der Waals surface area contributed by atoms with Crippen molar-refractivity contribution >= 4 is 39.7 Å². The zero-order valence-corrected chi connectivity index (χ0v) is 14.4. The van der Waals surface area contributed by atoms with E-state index in [-0.39, 0.29) is 0 Å². The topological polar surface area (TPSA) is 52.8 Å². The van der Waals surface area contributed by atoms with Gasteiger partial charge in [-0.25, -0.2) is 9.97 Å². The highest BCUT2D eigenvalue weighted by Gasteiger charge is 2.11. The minimum atomic E-state index is 0.581. The van der Waals surface area contributed by atoms with E-state index < -0.39 is 0 Å². The molecule has 0 spiro atoms. The molecular weight excluding hydrogens is 328 g/mol. The van der Waals surface area contributed by atoms with E-state index in [0.717, 1.165) is 28.1 Å². The molecule has 3 aromatic rings. The van der Waals surface area contributed by atoms with Gasteiger partial charge in [-0.3, -0.25) is 0 Å². The molecule has 0 bridgehead atoms. The predicted molar refractivity (Wildman–Crippen MR) is 95.1 cm³/mol. The summed E-state index contributed by atoms with van der Waals surface area (Å²) in [5, 5.41) is 11.9. The van der Waals surface area contributed by atoms with Gasteiger partial charge in [-0.05, 0) is 30.7 Å². The number of fused-ring (bicyclic) bond motifs is 1. The van der Waals surface area contributed by atoms with Crippen LogP contribution in [0.3, 0.4) is 0 Å². The van der Waals surface area contributed by atoms with Crippen LogP contribution in [0, 0.1) is 11.3 Å². The van der Waals surface area contributed by atoms with Crippen LogP contribution in [0.25, 0.3) is 10.9 Å². The Balaban J connectivity index is 1.95. The highest BCUT2D eigenvalue weighted by atomic mass is 35.5. The number of anilines is 1. The molecule has 116 valence electrons. The Bertz CT molecular complexity index is 897. The third-order valence-corrected chi connectivity index (χ3v) is 4.93. The molecular formula is C17H15ClN4S. The highest BCUT2D eigenvalue weighted by Crippen LogP contribution is 2.26. The third-order valence-electron chi connectivity index (χ3n) is 3.57. The van der Waals surface area contributed by atoms with Gasteiger partial charge in [0.1, 0.15) is 5.82 Å². The number of nitriles is 1. The molecule has 0 saturated carbocycles. The summed E-state index contributed by atoms with van der Waals surface area (Å²) in [5.41, 5.74) is 1.35. The van der Waals surface area contributed by atoms with Crippen molar-refractivity contribution in [3.05, 3.63) is 50.9 Å². The van der Waals surface area contributed by atoms with Crippen molar-refractivity contribution in [1.82, 2.24) is 9.97 Å². The van der Waals surface area contributed by atoms with Crippen molar-refractivity contribution in [2.45, 2.75) is 19.9 Å². The lowest BCUT2D eigenvalue weighted by Gasteiger charge is -2.18. The van der Waals surface area contributed by atoms with Crippen LogP contribution in [0.1, 0.15) is 22.4 Å². The van der Waals surface area contributed by atoms with Crippen LogP contribution in [-0.2, 0) is 13.0 Å². The molecule has 0 amide bonds. The van der Waals surface area contributed by atoms with Gasteiger partial charge < -0.3 is 4.90 Å². The summed E-state index contributed by atoms with van der Waals surface area (Å²) in [5.74, 6) is 0.767. The van der Waals surface area contributed by atoms with E-state index in [4.69, 9.17) is 11.6 Å². The lowest BCUT2D eigenvalue weighted by molar-refractivity contribution is 0.914. The third kappa shape index (κ3) is 3.29. The number of aryl methyl sites for hydroxylation is 1. The number of rotatable bonds is 4. The molecule has 2 aromatic heterocycles. The molecule has 0 atom stereocenters. The first-order valence-corrected chi connectivity index (χ1v) is 8.45. The van der Waals surface area contributed by atoms with Gasteiger partial charge in [0.2, 0.25) is 0 Å². The normalized spacial score (nSPS) is 10.7. The summed E-state index contributed by atoms with van der Waals surface area (Å²) in [7, 11) is 1.97. The summed E-state index contributed by atoms with van der Waals surface area (Å²) in [4.78, 5) is 12.2. The highest BCUT2D eigenvalue weighted by molar-refractivity contribution is 7.11. The van der Waals surface area contributed by atoms with Crippen LogP contribution in [0.2, 0.25) is 5.02 Å². The van der Waals surface area contributed by atoms with Crippen molar-refractivity contribution in [1.29, 1.82) is 5.26 Å². The lowest BCUT2D eigenvalue weighted by Crippen LogP contribution is -2.17. The van der Waals surface area contributed by atoms with Gasteiger partial charge in [-0.1, -0.05) is 18.5 Å². The number of pyridine rings is 1. The average molecular weight is 343 g/mol. The number of hydrogen-bond donors (Lipinski definition) is 0. The molecule has 0 unspecified atom stereocenters. The smallest absolute Gasteiger partial charge is 0.130 e. The first kappa shape index (κ1) is 15.7. The molecule has 0 aliphatic rings. The standard InChI is InChI=1S/C17H15ClN4S/c1-3-17-20-9-13(23-17)10-22(2)16-6-11(8-19)14-7-12(18)4-5-15(14)21-16/h4-7,9H,3,10H2,1-2H3. The quantitative estimate of drug-likeness (QED) is 0.704. The van der Waals surface area contributed by atoms with E-state index in [1.807, 2.05) is 24.2 Å². The van der Waals surface area contributed by atoms with E-state index in [2.05, 4.69) is 23.0 Å². The zero-order valence-electron chi connectivity index (χ0n) is 12.9. The van der Waals surface area contributed by atoms with Crippen LogP contribution >= 0.6 is 22.9 Å². The number of hydrogen-bond acceptors (Lipinski definition) is 5. The van der Waals surface area contributed by atoms with Crippen LogP contribution in [0.5, 0.6) is 0 Å². The SMILES string of the molecule is CCc1ncc(CN(C)c2cc(C#N)c3cc(Cl)ccc3n2)s1. The second-order valence-corrected chi connectivity index (χ2v) is 6.87. The van der Waals surface area contributed by atoms with Gasteiger partial charge in [0.05, 0.1) is 28.7 Å². The van der Waals surface area contributed by atoms with E-state index >= 15 is 0 Å². The number of aromatic nitrogens is 2. The zero-order chi connectivity index (χ0) is 16.4. The Morgan fingerprint density at radius 2 is 2.17 bits per heavy atom. The Hall–Kier alpha value is -2.16. The van der Waals surface area contributed by atoms with Gasteiger partial charge in [-0.15, -0.1) is 11.3 Å². The molecule has 0 radical (unpaired) electrons. The first-order chi connectivity index (χ1) is 11.1. The maximum atomic E-state index is 9.41. The summed E-state index contributed by atoms with van der Waals surface area (Å²) in [6.45, 7) is 2.82. The fourth-order valence-corrected chi connectivity index (χ4v) is 3.46. The minimum Gasteiger partial charge on any atom is -0.354 e. The molecule has 1 aromatic carbocycles. The first-order valence-electron chi connectivity index (χ1n) is 7.26. The van der Waals surface area contributed by atoms with Crippen LogP contribution in [0.15, 0.2) is 30.5 Å². The second-order valence-electron chi connectivity index (χ2n) is 5.23. The molecule has 0 aliphatic carbocycles. The largest absolute Gasteiger partial charge is 0.354 e. The monoisotopic (exact) mass is 342 g/mol. The fraction of sp³-hybridized carbons (Fsp3) is 0.235. The molecule has 2 heterocycles. The average Bonchev–Trinajstić information content (AvgIpc) is 3.01. The molecule has 23 heavy (non-hydrogen) atoms. The molecule has 0 N–H and O–H groups in total. The van der Waals surface area contributed by atoms with Gasteiger partial charge in [0.25, 0.3) is 0 Å². The molecule has 0 fully saturated rings. The number of halogens is 1. The summed E-state index contributed by atoms with van der Waals surface area (Å²) in [6, 6.07) is 9.46. The Morgan fingerprint density at radius 1 is 1.35 bits per heavy atom. The van der Waals surface area contributed by atoms with E-state index in [0.29, 0.717) is 17.1 Å². The molecule has 6 heteroatoms. The maximum absolute atomic E-state index is 9.41. The number of benzene rings is 1. The van der Waals surface area contributed by atoms with Gasteiger partial charge in [0.15, 0.2) is 0 Å². The van der Waals surface area contributed by atoms with Crippen molar-refractivity contribution in [3.8, 4) is 6.07 Å². The predicted octanol–water partition coefficient (Wildman–Crippen LogP) is 4.42. The van der Waals surface area contributed by atoms with E-state index in [1.54, 1.807) is 29.5 Å². The van der Waals surface area contributed by atoms with Gasteiger partial charge in [0, 0.05) is 28.5 Å². The van der Waals surface area contributed by atoms with Gasteiger partial charge >= 0.3 is 0 Å². The fourth-order valence-electron chi connectivity index (χ4n) is 2.37. The van der Waals surface area contributed by atoms with Crippen LogP contribution < -0.4 is 4.90 Å². The number of thiazole rings is 1. The number of nitrogens with zero attached hydrogens (tertiary/aromatic N) is 4. The molecule has 4 nitrogen and oxygen atoms in total. The second kappa shape index (κ2) is 6.53.